The highest BCUT2D eigenvalue weighted by molar-refractivity contribution is 9.10. The summed E-state index contributed by atoms with van der Waals surface area (Å²) in [7, 11) is 0. The standard InChI is InChI=1S/C11H16BrClS/c1-2-4-10(13)5-3-6-11-7-9(12)8-14-11/h7-8,10H,2-6H2,1H3. The van der Waals surface area contributed by atoms with E-state index in [1.54, 1.807) is 0 Å². The Balaban J connectivity index is 2.15. The zero-order chi connectivity index (χ0) is 10.4. The van der Waals surface area contributed by atoms with Crippen molar-refractivity contribution in [3.63, 3.8) is 0 Å². The van der Waals surface area contributed by atoms with E-state index >= 15 is 0 Å². The maximum atomic E-state index is 6.15. The molecular weight excluding hydrogens is 280 g/mol. The summed E-state index contributed by atoms with van der Waals surface area (Å²) in [6.07, 6.45) is 5.86. The Morgan fingerprint density at radius 3 is 2.86 bits per heavy atom. The molecule has 0 radical (unpaired) electrons. The molecule has 1 heterocycles. The molecule has 1 aromatic heterocycles. The van der Waals surface area contributed by atoms with Crippen LogP contribution in [-0.2, 0) is 6.42 Å². The van der Waals surface area contributed by atoms with E-state index in [0.29, 0.717) is 5.38 Å². The smallest absolute Gasteiger partial charge is 0.0336 e. The van der Waals surface area contributed by atoms with E-state index in [4.69, 9.17) is 11.6 Å². The average Bonchev–Trinajstić information content (AvgIpc) is 2.52. The molecule has 0 spiro atoms. The Morgan fingerprint density at radius 1 is 1.50 bits per heavy atom. The van der Waals surface area contributed by atoms with Gasteiger partial charge in [0.25, 0.3) is 0 Å². The van der Waals surface area contributed by atoms with Crippen LogP contribution in [-0.4, -0.2) is 5.38 Å². The SMILES string of the molecule is CCCC(Cl)CCCc1cc(Br)cs1. The lowest BCUT2D eigenvalue weighted by Crippen LogP contribution is -1.97. The summed E-state index contributed by atoms with van der Waals surface area (Å²) in [5.74, 6) is 0. The van der Waals surface area contributed by atoms with Crippen molar-refractivity contribution >= 4 is 38.9 Å². The average molecular weight is 296 g/mol. The highest BCUT2D eigenvalue weighted by atomic mass is 79.9. The predicted octanol–water partition coefficient (Wildman–Crippen LogP) is 5.24. The van der Waals surface area contributed by atoms with E-state index in [9.17, 15) is 0 Å². The van der Waals surface area contributed by atoms with Gasteiger partial charge in [-0.05, 0) is 47.7 Å². The highest BCUT2D eigenvalue weighted by Crippen LogP contribution is 2.22. The summed E-state index contributed by atoms with van der Waals surface area (Å²) in [6.45, 7) is 2.19. The van der Waals surface area contributed by atoms with Crippen LogP contribution in [0.25, 0.3) is 0 Å². The van der Waals surface area contributed by atoms with Crippen molar-refractivity contribution in [1.82, 2.24) is 0 Å². The molecule has 0 aliphatic heterocycles. The monoisotopic (exact) mass is 294 g/mol. The minimum absolute atomic E-state index is 0.378. The molecule has 0 fully saturated rings. The van der Waals surface area contributed by atoms with E-state index in [2.05, 4.69) is 34.3 Å². The Morgan fingerprint density at radius 2 is 2.29 bits per heavy atom. The van der Waals surface area contributed by atoms with Gasteiger partial charge in [-0.15, -0.1) is 22.9 Å². The summed E-state index contributed by atoms with van der Waals surface area (Å²) < 4.78 is 1.20. The lowest BCUT2D eigenvalue weighted by molar-refractivity contribution is 0.642. The fourth-order valence-corrected chi connectivity index (χ4v) is 3.31. The lowest BCUT2D eigenvalue weighted by Gasteiger charge is -2.06. The van der Waals surface area contributed by atoms with Gasteiger partial charge in [0.2, 0.25) is 0 Å². The second kappa shape index (κ2) is 6.86. The van der Waals surface area contributed by atoms with Gasteiger partial charge in [-0.3, -0.25) is 0 Å². The first kappa shape index (κ1) is 12.5. The molecule has 0 nitrogen and oxygen atoms in total. The lowest BCUT2D eigenvalue weighted by atomic mass is 10.1. The first-order valence-corrected chi connectivity index (χ1v) is 7.20. The van der Waals surface area contributed by atoms with Crippen LogP contribution in [0.3, 0.4) is 0 Å². The molecule has 0 N–H and O–H groups in total. The molecule has 14 heavy (non-hydrogen) atoms. The Kier molecular flexibility index (Phi) is 6.15. The normalized spacial score (nSPS) is 13.1. The summed E-state index contributed by atoms with van der Waals surface area (Å²) in [6, 6.07) is 2.20. The molecule has 1 aromatic rings. The van der Waals surface area contributed by atoms with Crippen LogP contribution in [0.1, 0.15) is 37.5 Å². The molecule has 0 saturated heterocycles. The number of thiophene rings is 1. The number of hydrogen-bond donors (Lipinski definition) is 0. The van der Waals surface area contributed by atoms with Gasteiger partial charge in [0.05, 0.1) is 0 Å². The molecule has 0 saturated carbocycles. The topological polar surface area (TPSA) is 0 Å². The number of rotatable bonds is 6. The minimum Gasteiger partial charge on any atom is -0.148 e. The second-order valence-electron chi connectivity index (χ2n) is 3.51. The van der Waals surface area contributed by atoms with E-state index < -0.39 is 0 Å². The number of aryl methyl sites for hydroxylation is 1. The number of hydrogen-bond acceptors (Lipinski definition) is 1. The van der Waals surface area contributed by atoms with Gasteiger partial charge >= 0.3 is 0 Å². The fraction of sp³-hybridized carbons (Fsp3) is 0.636. The first-order valence-electron chi connectivity index (χ1n) is 5.09. The largest absolute Gasteiger partial charge is 0.148 e. The van der Waals surface area contributed by atoms with E-state index in [0.717, 1.165) is 12.8 Å². The van der Waals surface area contributed by atoms with Crippen LogP contribution in [0.15, 0.2) is 15.9 Å². The van der Waals surface area contributed by atoms with Crippen molar-refractivity contribution in [3.05, 3.63) is 20.8 Å². The maximum Gasteiger partial charge on any atom is 0.0336 e. The van der Waals surface area contributed by atoms with Gasteiger partial charge in [0.15, 0.2) is 0 Å². The third kappa shape index (κ3) is 4.81. The molecule has 0 aliphatic rings. The van der Waals surface area contributed by atoms with Crippen molar-refractivity contribution < 1.29 is 0 Å². The van der Waals surface area contributed by atoms with E-state index in [1.807, 2.05) is 11.3 Å². The summed E-state index contributed by atoms with van der Waals surface area (Å²) in [5.41, 5.74) is 0. The van der Waals surface area contributed by atoms with E-state index in [1.165, 1.54) is 28.6 Å². The van der Waals surface area contributed by atoms with Gasteiger partial charge in [-0.1, -0.05) is 13.3 Å². The van der Waals surface area contributed by atoms with Crippen LogP contribution >= 0.6 is 38.9 Å². The Hall–Kier alpha value is 0.470. The zero-order valence-corrected chi connectivity index (χ0v) is 11.6. The van der Waals surface area contributed by atoms with E-state index in [-0.39, 0.29) is 0 Å². The molecule has 0 aliphatic carbocycles. The van der Waals surface area contributed by atoms with Crippen LogP contribution < -0.4 is 0 Å². The molecule has 0 aromatic carbocycles. The fourth-order valence-electron chi connectivity index (χ4n) is 1.44. The Labute approximate surface area is 104 Å². The number of halogens is 2. The van der Waals surface area contributed by atoms with Gasteiger partial charge < -0.3 is 0 Å². The summed E-state index contributed by atoms with van der Waals surface area (Å²) in [5, 5.41) is 2.52. The third-order valence-electron chi connectivity index (χ3n) is 2.16. The molecule has 0 bridgehead atoms. The molecule has 3 heteroatoms. The summed E-state index contributed by atoms with van der Waals surface area (Å²) >= 11 is 11.4. The van der Waals surface area contributed by atoms with Crippen molar-refractivity contribution in [1.29, 1.82) is 0 Å². The van der Waals surface area contributed by atoms with Crippen molar-refractivity contribution in [2.45, 2.75) is 44.4 Å². The van der Waals surface area contributed by atoms with Crippen molar-refractivity contribution in [3.8, 4) is 0 Å². The molecular formula is C11H16BrClS. The van der Waals surface area contributed by atoms with Gasteiger partial charge in [0.1, 0.15) is 0 Å². The van der Waals surface area contributed by atoms with Crippen molar-refractivity contribution in [2.24, 2.45) is 0 Å². The zero-order valence-electron chi connectivity index (χ0n) is 8.43. The molecule has 1 rings (SSSR count). The highest BCUT2D eigenvalue weighted by Gasteiger charge is 2.03. The second-order valence-corrected chi connectivity index (χ2v) is 6.04. The Bertz CT molecular complexity index is 260. The molecule has 1 unspecified atom stereocenters. The van der Waals surface area contributed by atoms with Crippen molar-refractivity contribution in [2.75, 3.05) is 0 Å². The van der Waals surface area contributed by atoms with Crippen LogP contribution in [0.5, 0.6) is 0 Å². The van der Waals surface area contributed by atoms with Gasteiger partial charge in [-0.2, -0.15) is 0 Å². The maximum absolute atomic E-state index is 6.15. The predicted molar refractivity (Wildman–Crippen MR) is 69.5 cm³/mol. The van der Waals surface area contributed by atoms with Crippen LogP contribution in [0, 0.1) is 0 Å². The van der Waals surface area contributed by atoms with Crippen LogP contribution in [0.2, 0.25) is 0 Å². The number of alkyl halides is 1. The van der Waals surface area contributed by atoms with Gasteiger partial charge in [0, 0.05) is 20.1 Å². The molecule has 0 amide bonds. The first-order chi connectivity index (χ1) is 6.72. The summed E-state index contributed by atoms with van der Waals surface area (Å²) in [4.78, 5) is 1.46. The third-order valence-corrected chi connectivity index (χ3v) is 4.36. The molecule has 80 valence electrons. The molecule has 1 atom stereocenters. The van der Waals surface area contributed by atoms with Crippen LogP contribution in [0.4, 0.5) is 0 Å². The van der Waals surface area contributed by atoms with Gasteiger partial charge in [-0.25, -0.2) is 0 Å². The minimum atomic E-state index is 0.378. The quantitative estimate of drug-likeness (QED) is 0.630.